The Bertz CT molecular complexity index is 998. The second-order valence-corrected chi connectivity index (χ2v) is 10.2. The average molecular weight is 503 g/mol. The number of carbonyl (C=O) groups is 3. The van der Waals surface area contributed by atoms with Crippen LogP contribution >= 0.6 is 11.3 Å². The Hall–Kier alpha value is -3.26. The molecule has 2 rings (SSSR count). The van der Waals surface area contributed by atoms with E-state index in [1.807, 2.05) is 49.6 Å². The molecule has 2 aromatic rings. The quantitative estimate of drug-likeness (QED) is 0.203. The summed E-state index contributed by atoms with van der Waals surface area (Å²) < 4.78 is 0. The minimum Gasteiger partial charge on any atom is -0.382 e. The van der Waals surface area contributed by atoms with Crippen LogP contribution in [0.2, 0.25) is 0 Å². The second-order valence-electron chi connectivity index (χ2n) is 9.36. The molecule has 0 saturated heterocycles. The maximum absolute atomic E-state index is 13.1. The molecule has 0 aliphatic heterocycles. The highest BCUT2D eigenvalue weighted by Gasteiger charge is 2.38. The lowest BCUT2D eigenvalue weighted by molar-refractivity contribution is -0.147. The molecule has 0 aliphatic rings. The van der Waals surface area contributed by atoms with Gasteiger partial charge in [0.1, 0.15) is 12.1 Å². The van der Waals surface area contributed by atoms with Gasteiger partial charge in [0.25, 0.3) is 5.91 Å². The molecule has 10 heteroatoms. The van der Waals surface area contributed by atoms with Crippen molar-refractivity contribution >= 4 is 34.2 Å². The highest BCUT2D eigenvalue weighted by atomic mass is 32.1. The third-order valence-corrected chi connectivity index (χ3v) is 5.80. The van der Waals surface area contributed by atoms with Crippen molar-refractivity contribution in [2.45, 2.75) is 53.2 Å². The number of thiazole rings is 1. The van der Waals surface area contributed by atoms with Crippen molar-refractivity contribution < 1.29 is 24.7 Å². The zero-order valence-electron chi connectivity index (χ0n) is 20.6. The van der Waals surface area contributed by atoms with Gasteiger partial charge in [-0.25, -0.2) is 10.5 Å². The summed E-state index contributed by atoms with van der Waals surface area (Å²) in [5, 5.41) is 26.8. The number of aromatic nitrogens is 1. The van der Waals surface area contributed by atoms with E-state index in [9.17, 15) is 19.5 Å². The molecule has 0 spiro atoms. The fourth-order valence-corrected chi connectivity index (χ4v) is 4.03. The normalized spacial score (nSPS) is 13.5. The molecule has 3 amide bonds. The highest BCUT2D eigenvalue weighted by molar-refractivity contribution is 7.14. The highest BCUT2D eigenvalue weighted by Crippen LogP contribution is 2.27. The van der Waals surface area contributed by atoms with E-state index in [1.165, 1.54) is 16.8 Å². The van der Waals surface area contributed by atoms with Crippen molar-refractivity contribution in [3.63, 3.8) is 0 Å². The van der Waals surface area contributed by atoms with Crippen molar-refractivity contribution in [2.24, 2.45) is 17.3 Å². The zero-order chi connectivity index (χ0) is 26.8. The Kier molecular flexibility index (Phi) is 11.6. The predicted octanol–water partition coefficient (Wildman–Crippen LogP) is 3.06. The number of hydrogen-bond acceptors (Lipinski definition) is 7. The first-order valence-corrected chi connectivity index (χ1v) is 11.9. The smallest absolute Gasteiger partial charge is 0.272 e. The van der Waals surface area contributed by atoms with Gasteiger partial charge in [-0.1, -0.05) is 65.0 Å². The molecule has 0 bridgehead atoms. The lowest BCUT2D eigenvalue weighted by Crippen LogP contribution is -2.55. The fourth-order valence-electron chi connectivity index (χ4n) is 3.31. The SMILES string of the molecule is C#C.CC(C)C[C@@H](C(=O)N[C@H](C(=O)Nc1nc(-c2ccccc2)cs1)C(C)(C)C)C(O)C(=O)NO. The number of aliphatic hydroxyl groups is 1. The number of rotatable bonds is 9. The Morgan fingerprint density at radius 3 is 2.17 bits per heavy atom. The summed E-state index contributed by atoms with van der Waals surface area (Å²) in [4.78, 5) is 42.3. The topological polar surface area (TPSA) is 141 Å². The lowest BCUT2D eigenvalue weighted by atomic mass is 9.84. The van der Waals surface area contributed by atoms with Gasteiger partial charge in [0.05, 0.1) is 11.6 Å². The molecule has 0 radical (unpaired) electrons. The first kappa shape index (κ1) is 29.8. The standard InChI is InChI=1S/C23H32N4O5S.C2H2/c1-13(2)11-15(17(28)20(30)27-32)19(29)25-18(23(3,4)5)21(31)26-22-24-16(12-33-22)14-9-7-6-8-10-14;1-2/h6-10,12-13,15,17-18,28,32H,11H2,1-5H3,(H,25,29)(H,27,30)(H,24,26,31);1-2H/t15-,17?,18-;/m1./s1. The minimum atomic E-state index is -1.76. The number of benzene rings is 1. The van der Waals surface area contributed by atoms with Crippen molar-refractivity contribution in [1.29, 1.82) is 0 Å². The largest absolute Gasteiger partial charge is 0.382 e. The molecule has 190 valence electrons. The summed E-state index contributed by atoms with van der Waals surface area (Å²) >= 11 is 1.27. The van der Waals surface area contributed by atoms with Crippen LogP contribution in [0.1, 0.15) is 41.0 Å². The van der Waals surface area contributed by atoms with Gasteiger partial charge >= 0.3 is 0 Å². The van der Waals surface area contributed by atoms with Gasteiger partial charge in [-0.2, -0.15) is 0 Å². The third kappa shape index (κ3) is 8.79. The predicted molar refractivity (Wildman–Crippen MR) is 136 cm³/mol. The number of nitrogens with one attached hydrogen (secondary N) is 3. The summed E-state index contributed by atoms with van der Waals surface area (Å²) in [6, 6.07) is 8.58. The second kappa shape index (κ2) is 13.6. The zero-order valence-corrected chi connectivity index (χ0v) is 21.4. The molecular formula is C25H34N4O5S. The summed E-state index contributed by atoms with van der Waals surface area (Å²) in [5.41, 5.74) is 2.34. The average Bonchev–Trinajstić information content (AvgIpc) is 3.29. The summed E-state index contributed by atoms with van der Waals surface area (Å²) in [5.74, 6) is -3.35. The summed E-state index contributed by atoms with van der Waals surface area (Å²) in [6.45, 7) is 9.06. The molecule has 0 saturated carbocycles. The van der Waals surface area contributed by atoms with Crippen LogP contribution in [0.5, 0.6) is 0 Å². The number of carbonyl (C=O) groups excluding carboxylic acids is 3. The van der Waals surface area contributed by atoms with E-state index in [-0.39, 0.29) is 12.3 Å². The Morgan fingerprint density at radius 1 is 1.06 bits per heavy atom. The number of amides is 3. The van der Waals surface area contributed by atoms with E-state index in [2.05, 4.69) is 28.5 Å². The van der Waals surface area contributed by atoms with Gasteiger partial charge in [-0.05, 0) is 17.8 Å². The van der Waals surface area contributed by atoms with Gasteiger partial charge in [0.15, 0.2) is 5.13 Å². The number of hydroxylamine groups is 1. The van der Waals surface area contributed by atoms with Crippen LogP contribution in [0.4, 0.5) is 5.13 Å². The van der Waals surface area contributed by atoms with Gasteiger partial charge in [-0.15, -0.1) is 24.2 Å². The summed E-state index contributed by atoms with van der Waals surface area (Å²) in [7, 11) is 0. The molecule has 3 atom stereocenters. The van der Waals surface area contributed by atoms with E-state index < -0.39 is 41.2 Å². The monoisotopic (exact) mass is 502 g/mol. The maximum Gasteiger partial charge on any atom is 0.272 e. The number of aliphatic hydroxyl groups excluding tert-OH is 1. The van der Waals surface area contributed by atoms with E-state index >= 15 is 0 Å². The molecule has 1 aromatic carbocycles. The van der Waals surface area contributed by atoms with Crippen LogP contribution in [-0.2, 0) is 14.4 Å². The molecule has 1 aromatic heterocycles. The van der Waals surface area contributed by atoms with Crippen molar-refractivity contribution in [1.82, 2.24) is 15.8 Å². The molecule has 1 heterocycles. The van der Waals surface area contributed by atoms with E-state index in [1.54, 1.807) is 20.8 Å². The van der Waals surface area contributed by atoms with Gasteiger partial charge < -0.3 is 15.7 Å². The minimum absolute atomic E-state index is 0.0180. The van der Waals surface area contributed by atoms with Gasteiger partial charge in [0.2, 0.25) is 11.8 Å². The molecule has 35 heavy (non-hydrogen) atoms. The molecule has 1 unspecified atom stereocenters. The van der Waals surface area contributed by atoms with E-state index in [0.717, 1.165) is 11.3 Å². The van der Waals surface area contributed by atoms with Gasteiger partial charge in [0, 0.05) is 10.9 Å². The van der Waals surface area contributed by atoms with Crippen LogP contribution in [0.3, 0.4) is 0 Å². The van der Waals surface area contributed by atoms with Crippen molar-refractivity contribution in [3.8, 4) is 24.1 Å². The van der Waals surface area contributed by atoms with Crippen LogP contribution < -0.4 is 16.1 Å². The van der Waals surface area contributed by atoms with Crippen LogP contribution in [0.15, 0.2) is 35.7 Å². The first-order valence-electron chi connectivity index (χ1n) is 11.0. The van der Waals surface area contributed by atoms with Gasteiger partial charge in [-0.3, -0.25) is 19.6 Å². The molecule has 0 fully saturated rings. The Labute approximate surface area is 210 Å². The van der Waals surface area contributed by atoms with Crippen LogP contribution in [0.25, 0.3) is 11.3 Å². The number of terminal acetylenes is 1. The number of hydrogen-bond donors (Lipinski definition) is 5. The lowest BCUT2D eigenvalue weighted by Gasteiger charge is -2.32. The fraction of sp³-hybridized carbons (Fsp3) is 0.440. The number of nitrogens with zero attached hydrogens (tertiary/aromatic N) is 1. The molecule has 5 N–H and O–H groups in total. The van der Waals surface area contributed by atoms with E-state index in [0.29, 0.717) is 5.13 Å². The maximum atomic E-state index is 13.1. The summed E-state index contributed by atoms with van der Waals surface area (Å²) in [6.07, 6.45) is 6.43. The van der Waals surface area contributed by atoms with Crippen molar-refractivity contribution in [2.75, 3.05) is 5.32 Å². The third-order valence-electron chi connectivity index (χ3n) is 5.04. The van der Waals surface area contributed by atoms with E-state index in [4.69, 9.17) is 5.21 Å². The molecular weight excluding hydrogens is 468 g/mol. The molecule has 9 nitrogen and oxygen atoms in total. The Morgan fingerprint density at radius 2 is 1.66 bits per heavy atom. The molecule has 0 aliphatic carbocycles. The van der Waals surface area contributed by atoms with Crippen LogP contribution in [-0.4, -0.2) is 45.2 Å². The number of anilines is 1. The van der Waals surface area contributed by atoms with Crippen LogP contribution in [0, 0.1) is 30.1 Å². The Balaban J connectivity index is 0.00000298. The van der Waals surface area contributed by atoms with Crippen molar-refractivity contribution in [3.05, 3.63) is 35.7 Å². The first-order chi connectivity index (χ1) is 16.4.